The van der Waals surface area contributed by atoms with Crippen LogP contribution in [-0.2, 0) is 0 Å². The van der Waals surface area contributed by atoms with Crippen LogP contribution in [0.25, 0.3) is 0 Å². The van der Waals surface area contributed by atoms with Crippen molar-refractivity contribution < 1.29 is 0 Å². The molecule has 0 aromatic heterocycles. The second-order valence-electron chi connectivity index (χ2n) is 2.34. The van der Waals surface area contributed by atoms with Crippen molar-refractivity contribution in [1.29, 1.82) is 5.26 Å². The van der Waals surface area contributed by atoms with E-state index >= 15 is 0 Å². The van der Waals surface area contributed by atoms with Crippen LogP contribution in [0.15, 0.2) is 4.99 Å². The molecule has 0 atom stereocenters. The zero-order valence-electron chi connectivity index (χ0n) is 7.88. The van der Waals surface area contributed by atoms with Crippen LogP contribution in [0.2, 0.25) is 0 Å². The average Bonchev–Trinajstić information content (AvgIpc) is 2.02. The highest BCUT2D eigenvalue weighted by molar-refractivity contribution is 5.76. The van der Waals surface area contributed by atoms with Crippen molar-refractivity contribution >= 4 is 5.96 Å². The molecule has 0 heterocycles. The van der Waals surface area contributed by atoms with Crippen molar-refractivity contribution in [2.24, 2.45) is 16.5 Å². The number of nitrogens with zero attached hydrogens (tertiary/aromatic N) is 2. The number of aliphatic imine (C=N–C) groups is 1. The normalized spacial score (nSPS) is 7.42. The summed E-state index contributed by atoms with van der Waals surface area (Å²) in [5, 5.41) is 7.64. The lowest BCUT2D eigenvalue weighted by Gasteiger charge is -1.86. The smallest absolute Gasteiger partial charge is 0.209 e. The van der Waals surface area contributed by atoms with Crippen LogP contribution < -0.4 is 11.5 Å². The lowest BCUT2D eigenvalue weighted by Crippen LogP contribution is -2.21. The van der Waals surface area contributed by atoms with Crippen LogP contribution in [0.4, 0.5) is 0 Å². The number of unbranched alkanes of at least 4 members (excludes halogenated alkanes) is 3. The number of nitrogens with two attached hydrogens (primary N) is 2. The monoisotopic (exact) mass is 170 g/mol. The molecule has 0 aliphatic carbocycles. The van der Waals surface area contributed by atoms with Gasteiger partial charge in [0.05, 0.1) is 0 Å². The highest BCUT2D eigenvalue weighted by Crippen LogP contribution is 1.95. The number of rotatable bonds is 3. The fraction of sp³-hybridized carbons (Fsp3) is 0.750. The predicted octanol–water partition coefficient (Wildman–Crippen LogP) is 1.33. The van der Waals surface area contributed by atoms with Gasteiger partial charge in [0.15, 0.2) is 0 Å². The summed E-state index contributed by atoms with van der Waals surface area (Å²) in [5.74, 6) is -0.197. The molecule has 12 heavy (non-hydrogen) atoms. The Labute approximate surface area is 74.3 Å². The standard InChI is InChI=1S/C6H14.C2H4N4/c1-3-5-6-4-2;3-1-6-2(4)5/h3-6H2,1-2H3;(H4,4,5,6). The van der Waals surface area contributed by atoms with E-state index in [1.807, 2.05) is 0 Å². The summed E-state index contributed by atoms with van der Waals surface area (Å²) in [6, 6.07) is 0. The Morgan fingerprint density at radius 2 is 1.67 bits per heavy atom. The first-order chi connectivity index (χ1) is 5.68. The summed E-state index contributed by atoms with van der Waals surface area (Å²) in [5.41, 5.74) is 9.42. The molecule has 0 unspecified atom stereocenters. The molecule has 70 valence electrons. The van der Waals surface area contributed by atoms with Crippen LogP contribution >= 0.6 is 0 Å². The van der Waals surface area contributed by atoms with Gasteiger partial charge in [-0.15, -0.1) is 4.99 Å². The van der Waals surface area contributed by atoms with E-state index in [0.717, 1.165) is 0 Å². The van der Waals surface area contributed by atoms with E-state index < -0.39 is 0 Å². The summed E-state index contributed by atoms with van der Waals surface area (Å²) >= 11 is 0. The molecule has 0 fully saturated rings. The summed E-state index contributed by atoms with van der Waals surface area (Å²) < 4.78 is 0. The largest absolute Gasteiger partial charge is 0.369 e. The Bertz CT molecular complexity index is 138. The lowest BCUT2D eigenvalue weighted by molar-refractivity contribution is 0.702. The van der Waals surface area contributed by atoms with Crippen molar-refractivity contribution in [3.63, 3.8) is 0 Å². The maximum Gasteiger partial charge on any atom is 0.209 e. The van der Waals surface area contributed by atoms with Gasteiger partial charge in [0, 0.05) is 0 Å². The third kappa shape index (κ3) is 23.3. The van der Waals surface area contributed by atoms with Gasteiger partial charge >= 0.3 is 0 Å². The minimum absolute atomic E-state index is 0.197. The number of hydrogen-bond acceptors (Lipinski definition) is 2. The Hall–Kier alpha value is -1.24. The molecule has 0 saturated carbocycles. The van der Waals surface area contributed by atoms with Crippen molar-refractivity contribution in [1.82, 2.24) is 0 Å². The van der Waals surface area contributed by atoms with Gasteiger partial charge in [-0.3, -0.25) is 0 Å². The summed E-state index contributed by atoms with van der Waals surface area (Å²) in [7, 11) is 0. The van der Waals surface area contributed by atoms with E-state index in [-0.39, 0.29) is 5.96 Å². The van der Waals surface area contributed by atoms with E-state index in [4.69, 9.17) is 16.7 Å². The maximum absolute atomic E-state index is 7.64. The number of hydrogen-bond donors (Lipinski definition) is 2. The molecule has 0 amide bonds. The molecule has 0 aliphatic rings. The van der Waals surface area contributed by atoms with Gasteiger partial charge in [-0.2, -0.15) is 5.26 Å². The van der Waals surface area contributed by atoms with Crippen molar-refractivity contribution in [3.05, 3.63) is 0 Å². The number of guanidine groups is 1. The van der Waals surface area contributed by atoms with Gasteiger partial charge in [0.1, 0.15) is 0 Å². The molecule has 0 aromatic carbocycles. The Kier molecular flexibility index (Phi) is 13.8. The van der Waals surface area contributed by atoms with Gasteiger partial charge < -0.3 is 11.5 Å². The van der Waals surface area contributed by atoms with Crippen LogP contribution in [0.5, 0.6) is 0 Å². The second-order valence-corrected chi connectivity index (χ2v) is 2.34. The highest BCUT2D eigenvalue weighted by atomic mass is 15.0. The zero-order chi connectivity index (χ0) is 9.82. The molecule has 0 saturated heterocycles. The van der Waals surface area contributed by atoms with Crippen LogP contribution in [0.3, 0.4) is 0 Å². The van der Waals surface area contributed by atoms with E-state index in [2.05, 4.69) is 18.8 Å². The molecule has 4 heteroatoms. The van der Waals surface area contributed by atoms with Crippen molar-refractivity contribution in [3.8, 4) is 6.19 Å². The Morgan fingerprint density at radius 1 is 1.25 bits per heavy atom. The van der Waals surface area contributed by atoms with Crippen LogP contribution in [0, 0.1) is 11.5 Å². The molecule has 4 nitrogen and oxygen atoms in total. The molecule has 0 aliphatic heterocycles. The Morgan fingerprint density at radius 3 is 1.75 bits per heavy atom. The summed E-state index contributed by atoms with van der Waals surface area (Å²) in [6.45, 7) is 4.46. The minimum Gasteiger partial charge on any atom is -0.369 e. The minimum atomic E-state index is -0.197. The van der Waals surface area contributed by atoms with Gasteiger partial charge in [0.2, 0.25) is 12.2 Å². The zero-order valence-corrected chi connectivity index (χ0v) is 7.88. The van der Waals surface area contributed by atoms with Gasteiger partial charge in [-0.05, 0) is 0 Å². The molecule has 0 rings (SSSR count). The van der Waals surface area contributed by atoms with E-state index in [9.17, 15) is 0 Å². The molecule has 0 radical (unpaired) electrons. The fourth-order valence-corrected chi connectivity index (χ4v) is 0.558. The third-order valence-corrected chi connectivity index (χ3v) is 1.14. The van der Waals surface area contributed by atoms with Crippen LogP contribution in [0.1, 0.15) is 39.5 Å². The molecule has 0 spiro atoms. The van der Waals surface area contributed by atoms with Gasteiger partial charge in [-0.25, -0.2) is 0 Å². The second kappa shape index (κ2) is 12.4. The molecule has 4 N–H and O–H groups in total. The molecule has 0 bridgehead atoms. The third-order valence-electron chi connectivity index (χ3n) is 1.14. The molecular weight excluding hydrogens is 152 g/mol. The lowest BCUT2D eigenvalue weighted by atomic mass is 10.2. The SMILES string of the molecule is CCCCCC.N#CN=C(N)N. The van der Waals surface area contributed by atoms with Crippen molar-refractivity contribution in [2.45, 2.75) is 39.5 Å². The summed E-state index contributed by atoms with van der Waals surface area (Å²) in [6.07, 6.45) is 6.94. The molecular formula is C8H18N4. The number of nitriles is 1. The van der Waals surface area contributed by atoms with Gasteiger partial charge in [-0.1, -0.05) is 39.5 Å². The van der Waals surface area contributed by atoms with E-state index in [1.54, 1.807) is 0 Å². The Balaban J connectivity index is 0. The fourth-order valence-electron chi connectivity index (χ4n) is 0.558. The van der Waals surface area contributed by atoms with E-state index in [1.165, 1.54) is 31.9 Å². The first-order valence-corrected chi connectivity index (χ1v) is 4.16. The van der Waals surface area contributed by atoms with Crippen molar-refractivity contribution in [2.75, 3.05) is 0 Å². The molecule has 0 aromatic rings. The first kappa shape index (κ1) is 13.4. The summed E-state index contributed by atoms with van der Waals surface area (Å²) in [4.78, 5) is 2.90. The van der Waals surface area contributed by atoms with E-state index in [0.29, 0.717) is 0 Å². The topological polar surface area (TPSA) is 88.2 Å². The first-order valence-electron chi connectivity index (χ1n) is 4.16. The predicted molar refractivity (Wildman–Crippen MR) is 51.2 cm³/mol. The average molecular weight is 170 g/mol. The maximum atomic E-state index is 7.64. The van der Waals surface area contributed by atoms with Gasteiger partial charge in [0.25, 0.3) is 0 Å². The van der Waals surface area contributed by atoms with Crippen LogP contribution in [-0.4, -0.2) is 5.96 Å². The quantitative estimate of drug-likeness (QED) is 0.290. The highest BCUT2D eigenvalue weighted by Gasteiger charge is 1.75.